The predicted molar refractivity (Wildman–Crippen MR) is 78.3 cm³/mol. The highest BCUT2D eigenvalue weighted by Gasteiger charge is 2.21. The number of carbonyl (C=O) groups excluding carboxylic acids is 2. The molecule has 7 nitrogen and oxygen atoms in total. The fourth-order valence-corrected chi connectivity index (χ4v) is 1.85. The second-order valence-electron chi connectivity index (χ2n) is 5.11. The number of hydrogen-bond donors (Lipinski definition) is 4. The van der Waals surface area contributed by atoms with Crippen LogP contribution >= 0.6 is 0 Å². The Hall–Kier alpha value is -2.35. The van der Waals surface area contributed by atoms with Crippen molar-refractivity contribution in [3.05, 3.63) is 24.0 Å². The Morgan fingerprint density at radius 3 is 2.55 bits per heavy atom. The standard InChI is InChI=1S/C14H20FN3O4/c1-8(2)6-11(13(19)18-21)17-14(20)16-9-4-5-12(22-3)10(15)7-9/h4-5,7-8,11,21H,6H2,1-3H3,(H,18,19)(H2,16,17,20)/t11-/m0/s1. The molecule has 122 valence electrons. The van der Waals surface area contributed by atoms with E-state index in [0.717, 1.165) is 6.07 Å². The normalized spacial score (nSPS) is 11.7. The van der Waals surface area contributed by atoms with Gasteiger partial charge in [-0.1, -0.05) is 13.8 Å². The quantitative estimate of drug-likeness (QED) is 0.476. The summed E-state index contributed by atoms with van der Waals surface area (Å²) in [4.78, 5) is 23.3. The van der Waals surface area contributed by atoms with E-state index in [9.17, 15) is 14.0 Å². The number of amides is 3. The van der Waals surface area contributed by atoms with Crippen LogP contribution in [0.2, 0.25) is 0 Å². The van der Waals surface area contributed by atoms with E-state index in [1.54, 1.807) is 0 Å². The van der Waals surface area contributed by atoms with Crippen LogP contribution in [0.3, 0.4) is 0 Å². The molecule has 0 unspecified atom stereocenters. The highest BCUT2D eigenvalue weighted by molar-refractivity contribution is 5.93. The molecule has 1 aromatic carbocycles. The van der Waals surface area contributed by atoms with Crippen molar-refractivity contribution in [1.82, 2.24) is 10.8 Å². The van der Waals surface area contributed by atoms with Gasteiger partial charge >= 0.3 is 6.03 Å². The largest absolute Gasteiger partial charge is 0.494 e. The summed E-state index contributed by atoms with van der Waals surface area (Å²) in [5.74, 6) is -1.15. The highest BCUT2D eigenvalue weighted by atomic mass is 19.1. The summed E-state index contributed by atoms with van der Waals surface area (Å²) in [6, 6.07) is 2.36. The van der Waals surface area contributed by atoms with E-state index < -0.39 is 23.8 Å². The van der Waals surface area contributed by atoms with E-state index in [2.05, 4.69) is 10.6 Å². The summed E-state index contributed by atoms with van der Waals surface area (Å²) < 4.78 is 18.3. The number of benzene rings is 1. The topological polar surface area (TPSA) is 99.7 Å². The fourth-order valence-electron chi connectivity index (χ4n) is 1.85. The van der Waals surface area contributed by atoms with E-state index in [-0.39, 0.29) is 17.4 Å². The minimum atomic E-state index is -0.895. The highest BCUT2D eigenvalue weighted by Crippen LogP contribution is 2.20. The number of anilines is 1. The first-order valence-corrected chi connectivity index (χ1v) is 6.72. The molecular formula is C14H20FN3O4. The number of ether oxygens (including phenoxy) is 1. The van der Waals surface area contributed by atoms with Gasteiger partial charge in [-0.15, -0.1) is 0 Å². The zero-order chi connectivity index (χ0) is 16.7. The number of halogens is 1. The molecular weight excluding hydrogens is 293 g/mol. The van der Waals surface area contributed by atoms with Gasteiger partial charge in [-0.2, -0.15) is 0 Å². The Kier molecular flexibility index (Phi) is 6.58. The van der Waals surface area contributed by atoms with E-state index in [1.807, 2.05) is 13.8 Å². The molecule has 0 saturated heterocycles. The molecule has 1 rings (SSSR count). The average Bonchev–Trinajstić information content (AvgIpc) is 2.45. The van der Waals surface area contributed by atoms with E-state index >= 15 is 0 Å². The van der Waals surface area contributed by atoms with Gasteiger partial charge in [-0.05, 0) is 24.5 Å². The molecule has 0 aliphatic rings. The van der Waals surface area contributed by atoms with Gasteiger partial charge in [-0.3, -0.25) is 10.0 Å². The summed E-state index contributed by atoms with van der Waals surface area (Å²) in [5.41, 5.74) is 1.72. The summed E-state index contributed by atoms with van der Waals surface area (Å²) in [6.45, 7) is 3.74. The van der Waals surface area contributed by atoms with Gasteiger partial charge in [0.15, 0.2) is 11.6 Å². The maximum atomic E-state index is 13.5. The second kappa shape index (κ2) is 8.18. The van der Waals surface area contributed by atoms with Gasteiger partial charge < -0.3 is 15.4 Å². The molecule has 0 spiro atoms. The number of nitrogens with one attached hydrogen (secondary N) is 3. The number of urea groups is 1. The van der Waals surface area contributed by atoms with Crippen molar-refractivity contribution in [3.8, 4) is 5.75 Å². The maximum absolute atomic E-state index is 13.5. The Morgan fingerprint density at radius 1 is 1.36 bits per heavy atom. The number of methoxy groups -OCH3 is 1. The Morgan fingerprint density at radius 2 is 2.05 bits per heavy atom. The number of hydroxylamine groups is 1. The summed E-state index contributed by atoms with van der Waals surface area (Å²) in [6.07, 6.45) is 0.344. The van der Waals surface area contributed by atoms with Crippen LogP contribution in [-0.4, -0.2) is 30.3 Å². The van der Waals surface area contributed by atoms with Crippen LogP contribution in [0.25, 0.3) is 0 Å². The fraction of sp³-hybridized carbons (Fsp3) is 0.429. The third-order valence-corrected chi connectivity index (χ3v) is 2.85. The van der Waals surface area contributed by atoms with Crippen LogP contribution in [-0.2, 0) is 4.79 Å². The van der Waals surface area contributed by atoms with Gasteiger partial charge in [-0.25, -0.2) is 14.7 Å². The smallest absolute Gasteiger partial charge is 0.319 e. The lowest BCUT2D eigenvalue weighted by atomic mass is 10.0. The summed E-state index contributed by atoms with van der Waals surface area (Å²) in [7, 11) is 1.34. The van der Waals surface area contributed by atoms with Gasteiger partial charge in [0.25, 0.3) is 5.91 Å². The van der Waals surface area contributed by atoms with Crippen molar-refractivity contribution in [1.29, 1.82) is 0 Å². The molecule has 4 N–H and O–H groups in total. The number of rotatable bonds is 6. The summed E-state index contributed by atoms with van der Waals surface area (Å²) >= 11 is 0. The Balaban J connectivity index is 2.70. The lowest BCUT2D eigenvalue weighted by molar-refractivity contribution is -0.131. The third kappa shape index (κ3) is 5.21. The minimum absolute atomic E-state index is 0.0586. The lowest BCUT2D eigenvalue weighted by Crippen LogP contribution is -2.48. The van der Waals surface area contributed by atoms with Crippen molar-refractivity contribution >= 4 is 17.6 Å². The third-order valence-electron chi connectivity index (χ3n) is 2.85. The first-order chi connectivity index (χ1) is 10.4. The molecule has 0 saturated carbocycles. The van der Waals surface area contributed by atoms with Crippen molar-refractivity contribution in [2.24, 2.45) is 5.92 Å². The predicted octanol–water partition coefficient (Wildman–Crippen LogP) is 1.88. The van der Waals surface area contributed by atoms with Gasteiger partial charge in [0.05, 0.1) is 7.11 Å². The maximum Gasteiger partial charge on any atom is 0.319 e. The number of hydrogen-bond acceptors (Lipinski definition) is 4. The Bertz CT molecular complexity index is 537. The summed E-state index contributed by atoms with van der Waals surface area (Å²) in [5, 5.41) is 13.5. The monoisotopic (exact) mass is 313 g/mol. The molecule has 1 aromatic rings. The molecule has 8 heteroatoms. The average molecular weight is 313 g/mol. The zero-order valence-electron chi connectivity index (χ0n) is 12.6. The zero-order valence-corrected chi connectivity index (χ0v) is 12.6. The molecule has 0 bridgehead atoms. The van der Waals surface area contributed by atoms with Crippen LogP contribution in [0.4, 0.5) is 14.9 Å². The first kappa shape index (κ1) is 17.7. The van der Waals surface area contributed by atoms with Crippen LogP contribution < -0.4 is 20.9 Å². The minimum Gasteiger partial charge on any atom is -0.494 e. The van der Waals surface area contributed by atoms with Crippen LogP contribution in [0, 0.1) is 11.7 Å². The van der Waals surface area contributed by atoms with Crippen molar-refractivity contribution in [2.45, 2.75) is 26.3 Å². The van der Waals surface area contributed by atoms with Crippen molar-refractivity contribution < 1.29 is 23.9 Å². The molecule has 0 fully saturated rings. The number of carbonyl (C=O) groups is 2. The van der Waals surface area contributed by atoms with Crippen molar-refractivity contribution in [3.63, 3.8) is 0 Å². The SMILES string of the molecule is COc1ccc(NC(=O)N[C@@H](CC(C)C)C(=O)NO)cc1F. The molecule has 3 amide bonds. The molecule has 0 aliphatic carbocycles. The van der Waals surface area contributed by atoms with Gasteiger partial charge in [0.1, 0.15) is 6.04 Å². The molecule has 22 heavy (non-hydrogen) atoms. The van der Waals surface area contributed by atoms with Crippen LogP contribution in [0.1, 0.15) is 20.3 Å². The van der Waals surface area contributed by atoms with Crippen LogP contribution in [0.5, 0.6) is 5.75 Å². The molecule has 0 heterocycles. The van der Waals surface area contributed by atoms with Gasteiger partial charge in [0, 0.05) is 11.8 Å². The molecule has 0 aliphatic heterocycles. The first-order valence-electron chi connectivity index (χ1n) is 6.72. The molecule has 0 radical (unpaired) electrons. The molecule has 0 aromatic heterocycles. The van der Waals surface area contributed by atoms with E-state index in [1.165, 1.54) is 24.7 Å². The van der Waals surface area contributed by atoms with E-state index in [4.69, 9.17) is 9.94 Å². The van der Waals surface area contributed by atoms with Gasteiger partial charge in [0.2, 0.25) is 0 Å². The van der Waals surface area contributed by atoms with E-state index in [0.29, 0.717) is 6.42 Å². The Labute approximate surface area is 127 Å². The molecule has 1 atom stereocenters. The second-order valence-corrected chi connectivity index (χ2v) is 5.11. The van der Waals surface area contributed by atoms with Crippen LogP contribution in [0.15, 0.2) is 18.2 Å². The van der Waals surface area contributed by atoms with Crippen molar-refractivity contribution in [2.75, 3.05) is 12.4 Å². The lowest BCUT2D eigenvalue weighted by Gasteiger charge is -2.19.